The predicted molar refractivity (Wildman–Crippen MR) is 487 cm³/mol. The van der Waals surface area contributed by atoms with Crippen molar-refractivity contribution in [1.82, 2.24) is 9.80 Å². The van der Waals surface area contributed by atoms with Crippen LogP contribution in [0.4, 0.5) is 0 Å². The minimum absolute atomic E-state index is 0.0365. The molecule has 14 heteroatoms. The number of hydrogen-bond donors (Lipinski definition) is 0. The Balaban J connectivity index is 0.881. The van der Waals surface area contributed by atoms with Crippen molar-refractivity contribution in [1.29, 1.82) is 0 Å². The molecule has 0 aromatic carbocycles. The quantitative estimate of drug-likeness (QED) is 0.0357. The van der Waals surface area contributed by atoms with Crippen LogP contribution in [0.25, 0.3) is 89.4 Å². The number of rotatable bonds is 54. The smallest absolute Gasteiger partial charge is 0.261 e. The highest BCUT2D eigenvalue weighted by molar-refractivity contribution is 7.31. The molecule has 4 nitrogen and oxygen atoms in total. The molecule has 2 aliphatic rings. The summed E-state index contributed by atoms with van der Waals surface area (Å²) >= 11 is 18.4. The molecule has 0 fully saturated rings. The summed E-state index contributed by atoms with van der Waals surface area (Å²) in [6, 6.07) is 45.4. The summed E-state index contributed by atoms with van der Waals surface area (Å²) in [6.07, 6.45) is 51.3. The van der Waals surface area contributed by atoms with Crippen LogP contribution in [0.5, 0.6) is 0 Å². The summed E-state index contributed by atoms with van der Waals surface area (Å²) in [5, 5.41) is 4.33. The third-order valence-corrected chi connectivity index (χ3v) is 34.2. The molecule has 0 spiro atoms. The highest BCUT2D eigenvalue weighted by Gasteiger charge is 2.50. The monoisotopic (exact) mass is 1630 g/mol. The maximum absolute atomic E-state index is 16.7. The van der Waals surface area contributed by atoms with Crippen molar-refractivity contribution in [3.63, 3.8) is 0 Å². The maximum atomic E-state index is 16.7. The first-order valence-corrected chi connectivity index (χ1v) is 50.6. The Morgan fingerprint density at radius 2 is 0.417 bits per heavy atom. The van der Waals surface area contributed by atoms with Gasteiger partial charge < -0.3 is 9.80 Å². The molecule has 2 atom stereocenters. The van der Waals surface area contributed by atoms with Gasteiger partial charge in [0.25, 0.3) is 11.8 Å². The van der Waals surface area contributed by atoms with E-state index in [1.165, 1.54) is 309 Å². The molecule has 0 aliphatic carbocycles. The van der Waals surface area contributed by atoms with Gasteiger partial charge in [-0.25, -0.2) is 0 Å². The van der Waals surface area contributed by atoms with E-state index in [0.29, 0.717) is 36.1 Å². The SMILES string of the molecule is CCCCCCCCCCCCC(CCCCCCCCCC)CN1C(=O)C2=C(c3ccc(-c4ccc(-c5ccc(-c6ccc(-c7cccs7)s6)s5)s4)s3)N(CC(CCCCCCCCCC)CCCCCCCCCCCC)C(=O)C2=C1c1ccc(-c2ccc(-c3ccc(-c4ccc(-c5cccs5)s4)s3)s2)s1. The topological polar surface area (TPSA) is 40.6 Å². The van der Waals surface area contributed by atoms with Crippen molar-refractivity contribution in [2.24, 2.45) is 11.8 Å². The second-order valence-corrected chi connectivity index (χ2v) is 41.3. The van der Waals surface area contributed by atoms with Gasteiger partial charge in [-0.2, -0.15) is 0 Å². The zero-order valence-corrected chi connectivity index (χ0v) is 73.5. The Kier molecular flexibility index (Phi) is 34.3. The number of carbonyl (C=O) groups is 2. The summed E-state index contributed by atoms with van der Waals surface area (Å²) in [4.78, 5) is 60.3. The van der Waals surface area contributed by atoms with E-state index < -0.39 is 0 Å². The normalized spacial score (nSPS) is 13.9. The van der Waals surface area contributed by atoms with Crippen LogP contribution in [-0.2, 0) is 9.59 Å². The molecule has 2 amide bonds. The van der Waals surface area contributed by atoms with Crippen LogP contribution in [0.15, 0.2) is 143 Å². The average molecular weight is 1630 g/mol. The molecular formula is C94H120N2O2S10. The van der Waals surface area contributed by atoms with Gasteiger partial charge in [0.15, 0.2) is 0 Å². The largest absolute Gasteiger partial charge is 0.306 e. The van der Waals surface area contributed by atoms with Crippen molar-refractivity contribution >= 4 is 137 Å². The summed E-state index contributed by atoms with van der Waals surface area (Å²) < 4.78 is 0. The van der Waals surface area contributed by atoms with Crippen molar-refractivity contribution in [2.45, 2.75) is 285 Å². The fraction of sp³-hybridized carbons (Fsp3) is 0.511. The lowest BCUT2D eigenvalue weighted by atomic mass is 9.93. The number of nitrogens with zero attached hydrogens (tertiary/aromatic N) is 2. The lowest BCUT2D eigenvalue weighted by molar-refractivity contribution is -0.124. The van der Waals surface area contributed by atoms with Gasteiger partial charge in [0, 0.05) is 91.1 Å². The van der Waals surface area contributed by atoms with Crippen molar-refractivity contribution < 1.29 is 9.59 Å². The fourth-order valence-electron chi connectivity index (χ4n) is 16.1. The minimum Gasteiger partial charge on any atom is -0.306 e. The van der Waals surface area contributed by atoms with E-state index in [1.54, 1.807) is 45.3 Å². The van der Waals surface area contributed by atoms with Crippen LogP contribution in [-0.4, -0.2) is 34.7 Å². The van der Waals surface area contributed by atoms with Crippen molar-refractivity contribution in [3.8, 4) is 78.0 Å². The second kappa shape index (κ2) is 44.8. The molecule has 0 N–H and O–H groups in total. The van der Waals surface area contributed by atoms with E-state index in [9.17, 15) is 0 Å². The van der Waals surface area contributed by atoms with E-state index >= 15 is 9.59 Å². The molecule has 578 valence electrons. The first-order valence-electron chi connectivity index (χ1n) is 42.3. The summed E-state index contributed by atoms with van der Waals surface area (Å²) in [6.45, 7) is 10.5. The Hall–Kier alpha value is -4.58. The van der Waals surface area contributed by atoms with Gasteiger partial charge in [0.1, 0.15) is 0 Å². The summed E-state index contributed by atoms with van der Waals surface area (Å²) in [7, 11) is 0. The van der Waals surface area contributed by atoms with Crippen LogP contribution >= 0.6 is 113 Å². The molecule has 0 radical (unpaired) electrons. The molecule has 0 bridgehead atoms. The van der Waals surface area contributed by atoms with Crippen LogP contribution in [0.2, 0.25) is 0 Å². The minimum atomic E-state index is 0.0365. The molecule has 0 saturated carbocycles. The average Bonchev–Trinajstić information content (AvgIpc) is 1.55. The highest BCUT2D eigenvalue weighted by atomic mass is 32.1. The first kappa shape index (κ1) is 82.9. The number of unbranched alkanes of at least 4 members (excludes halogenated alkanes) is 32. The molecule has 108 heavy (non-hydrogen) atoms. The summed E-state index contributed by atoms with van der Waals surface area (Å²) in [5.41, 5.74) is 3.04. The molecule has 10 aromatic rings. The Morgan fingerprint density at radius 3 is 0.620 bits per heavy atom. The fourth-order valence-corrected chi connectivity index (χ4v) is 26.4. The second-order valence-electron chi connectivity index (χ2n) is 30.7. The van der Waals surface area contributed by atoms with Crippen LogP contribution < -0.4 is 0 Å². The van der Waals surface area contributed by atoms with Gasteiger partial charge in [-0.15, -0.1) is 113 Å². The number of hydrogen-bond acceptors (Lipinski definition) is 12. The molecule has 12 rings (SSSR count). The van der Waals surface area contributed by atoms with E-state index in [-0.39, 0.29) is 11.8 Å². The van der Waals surface area contributed by atoms with Crippen LogP contribution in [0.3, 0.4) is 0 Å². The van der Waals surface area contributed by atoms with E-state index in [2.05, 4.69) is 170 Å². The number of fused-ring (bicyclic) bond motifs is 1. The molecule has 0 saturated heterocycles. The van der Waals surface area contributed by atoms with Gasteiger partial charge in [-0.05, 0) is 157 Å². The Morgan fingerprint density at radius 1 is 0.231 bits per heavy atom. The number of carbonyl (C=O) groups excluding carboxylic acids is 2. The van der Waals surface area contributed by atoms with Crippen LogP contribution in [0.1, 0.15) is 294 Å². The molecule has 12 heterocycles. The third kappa shape index (κ3) is 23.3. The molecular weight excluding hydrogens is 1510 g/mol. The zero-order valence-electron chi connectivity index (χ0n) is 65.3. The van der Waals surface area contributed by atoms with Gasteiger partial charge in [0.2, 0.25) is 0 Å². The number of amides is 2. The van der Waals surface area contributed by atoms with E-state index in [0.717, 1.165) is 46.8 Å². The third-order valence-electron chi connectivity index (χ3n) is 22.2. The molecule has 2 aliphatic heterocycles. The van der Waals surface area contributed by atoms with Crippen LogP contribution in [0, 0.1) is 11.8 Å². The van der Waals surface area contributed by atoms with Gasteiger partial charge in [-0.1, -0.05) is 271 Å². The maximum Gasteiger partial charge on any atom is 0.261 e. The Labute approximate surface area is 690 Å². The Bertz CT molecular complexity index is 4040. The molecule has 10 aromatic heterocycles. The zero-order chi connectivity index (χ0) is 74.5. The van der Waals surface area contributed by atoms with Gasteiger partial charge in [-0.3, -0.25) is 9.59 Å². The van der Waals surface area contributed by atoms with Gasteiger partial charge in [0.05, 0.1) is 32.3 Å². The summed E-state index contributed by atoms with van der Waals surface area (Å²) in [5.74, 6) is 0.751. The van der Waals surface area contributed by atoms with Crippen molar-refractivity contribution in [3.05, 3.63) is 153 Å². The first-order chi connectivity index (χ1) is 53.3. The van der Waals surface area contributed by atoms with Gasteiger partial charge >= 0.3 is 0 Å². The van der Waals surface area contributed by atoms with E-state index in [4.69, 9.17) is 0 Å². The van der Waals surface area contributed by atoms with Crippen molar-refractivity contribution in [2.75, 3.05) is 13.1 Å². The predicted octanol–water partition coefficient (Wildman–Crippen LogP) is 34.4. The number of thiophene rings is 10. The lowest BCUT2D eigenvalue weighted by Gasteiger charge is -2.29. The highest BCUT2D eigenvalue weighted by Crippen LogP contribution is 2.53. The lowest BCUT2D eigenvalue weighted by Crippen LogP contribution is -2.34. The molecule has 2 unspecified atom stereocenters. The standard InChI is InChI=1S/C94H120N2O2S10/c1-5-9-13-17-21-25-27-31-35-39-45-69(43-37-33-29-23-19-15-11-7-3)67-95-91(87-63-61-85(107-87)83-59-57-81(105-83)79-55-53-77(103-79)75-51-49-73(101-75)71-47-41-65-99-71)89-90(93(95)97)92(96(94(89)98)68-70(44-38-34-30-24-20-16-12-8-4)46-40-36-32-28-26-22-18-14-10-6-2)88-64-62-86(108-88)84-60-58-82(106-84)80-56-54-78(104-80)76-52-50-74(102-76)72-48-42-66-100-72/h41-42,47-66,69-70H,5-40,43-46,67-68H2,1-4H3. The van der Waals surface area contributed by atoms with E-state index in [1.807, 2.05) is 68.0 Å².